The lowest BCUT2D eigenvalue weighted by Crippen LogP contribution is -2.02. The van der Waals surface area contributed by atoms with Gasteiger partial charge in [-0.2, -0.15) is 0 Å². The summed E-state index contributed by atoms with van der Waals surface area (Å²) in [5.41, 5.74) is 9.27. The lowest BCUT2D eigenvalue weighted by atomic mass is 9.97. The summed E-state index contributed by atoms with van der Waals surface area (Å²) >= 11 is 0. The minimum atomic E-state index is -0.502. The van der Waals surface area contributed by atoms with Gasteiger partial charge in [-0.1, -0.05) is 31.0 Å². The monoisotopic (exact) mass is 350 g/mol. The van der Waals surface area contributed by atoms with Crippen molar-refractivity contribution in [3.05, 3.63) is 60.2 Å². The summed E-state index contributed by atoms with van der Waals surface area (Å²) in [6, 6.07) is 17.8. The Hall–Kier alpha value is -2.43. The van der Waals surface area contributed by atoms with Gasteiger partial charge in [-0.3, -0.25) is 0 Å². The standard InChI is InChI=1S/C22H26N2O2/c1-26-17-12-10-16(11-13-17)21-15-19(22(25)9-3-2-6-14-23)18-7-4-5-8-20(18)24-21/h4-5,7-8,10-13,15,22,25H,2-3,6,9,14,23H2,1H3. The van der Waals surface area contributed by atoms with Crippen LogP contribution in [0.4, 0.5) is 0 Å². The number of fused-ring (bicyclic) bond motifs is 1. The van der Waals surface area contributed by atoms with Crippen LogP contribution in [0.15, 0.2) is 54.6 Å². The molecule has 0 spiro atoms. The maximum Gasteiger partial charge on any atom is 0.118 e. The van der Waals surface area contributed by atoms with Crippen molar-refractivity contribution in [2.75, 3.05) is 13.7 Å². The van der Waals surface area contributed by atoms with Gasteiger partial charge in [-0.25, -0.2) is 4.98 Å². The van der Waals surface area contributed by atoms with E-state index in [4.69, 9.17) is 15.5 Å². The number of ether oxygens (including phenoxy) is 1. The van der Waals surface area contributed by atoms with Crippen molar-refractivity contribution in [2.45, 2.75) is 31.8 Å². The minimum absolute atomic E-state index is 0.502. The molecule has 1 atom stereocenters. The highest BCUT2D eigenvalue weighted by molar-refractivity contribution is 5.85. The van der Waals surface area contributed by atoms with Gasteiger partial charge in [-0.15, -0.1) is 0 Å². The Morgan fingerprint density at radius 3 is 2.54 bits per heavy atom. The molecule has 1 unspecified atom stereocenters. The second-order valence-corrected chi connectivity index (χ2v) is 6.50. The Balaban J connectivity index is 1.95. The third-order valence-electron chi connectivity index (χ3n) is 4.67. The number of aromatic nitrogens is 1. The third-order valence-corrected chi connectivity index (χ3v) is 4.67. The highest BCUT2D eigenvalue weighted by atomic mass is 16.5. The van der Waals surface area contributed by atoms with E-state index in [-0.39, 0.29) is 0 Å². The molecule has 3 N–H and O–H groups in total. The van der Waals surface area contributed by atoms with Crippen LogP contribution in [0.25, 0.3) is 22.2 Å². The number of nitrogens with two attached hydrogens (primary N) is 1. The van der Waals surface area contributed by atoms with E-state index in [1.807, 2.05) is 54.6 Å². The number of para-hydroxylation sites is 1. The van der Waals surface area contributed by atoms with Crippen molar-refractivity contribution in [1.29, 1.82) is 0 Å². The Morgan fingerprint density at radius 2 is 1.81 bits per heavy atom. The fraction of sp³-hybridized carbons (Fsp3) is 0.318. The van der Waals surface area contributed by atoms with Gasteiger partial charge in [0.1, 0.15) is 5.75 Å². The van der Waals surface area contributed by atoms with Crippen LogP contribution >= 0.6 is 0 Å². The van der Waals surface area contributed by atoms with E-state index in [9.17, 15) is 5.11 Å². The molecule has 0 radical (unpaired) electrons. The van der Waals surface area contributed by atoms with Gasteiger partial charge in [0.05, 0.1) is 24.4 Å². The van der Waals surface area contributed by atoms with Crippen LogP contribution in [0.2, 0.25) is 0 Å². The molecule has 26 heavy (non-hydrogen) atoms. The van der Waals surface area contributed by atoms with Gasteiger partial charge in [0.2, 0.25) is 0 Å². The number of benzene rings is 2. The summed E-state index contributed by atoms with van der Waals surface area (Å²) < 4.78 is 5.23. The van der Waals surface area contributed by atoms with E-state index in [2.05, 4.69) is 0 Å². The molecule has 0 saturated heterocycles. The van der Waals surface area contributed by atoms with Crippen LogP contribution in [-0.4, -0.2) is 23.7 Å². The summed E-state index contributed by atoms with van der Waals surface area (Å²) in [6.45, 7) is 0.704. The number of unbranched alkanes of at least 4 members (excludes halogenated alkanes) is 2. The summed E-state index contributed by atoms with van der Waals surface area (Å²) in [4.78, 5) is 4.79. The lowest BCUT2D eigenvalue weighted by Gasteiger charge is -2.15. The van der Waals surface area contributed by atoms with E-state index in [1.165, 1.54) is 0 Å². The molecular formula is C22H26N2O2. The third kappa shape index (κ3) is 4.21. The SMILES string of the molecule is COc1ccc(-c2cc(C(O)CCCCCN)c3ccccc3n2)cc1. The normalized spacial score (nSPS) is 12.3. The summed E-state index contributed by atoms with van der Waals surface area (Å²) in [5, 5.41) is 11.8. The van der Waals surface area contributed by atoms with Crippen LogP contribution in [0.3, 0.4) is 0 Å². The Morgan fingerprint density at radius 1 is 1.04 bits per heavy atom. The number of aliphatic hydroxyl groups is 1. The average molecular weight is 350 g/mol. The molecule has 1 aromatic heterocycles. The molecule has 4 heteroatoms. The predicted molar refractivity (Wildman–Crippen MR) is 106 cm³/mol. The van der Waals surface area contributed by atoms with E-state index in [1.54, 1.807) is 7.11 Å². The zero-order valence-corrected chi connectivity index (χ0v) is 15.2. The van der Waals surface area contributed by atoms with E-state index in [0.29, 0.717) is 6.54 Å². The molecule has 136 valence electrons. The Bertz CT molecular complexity index is 846. The first-order valence-electron chi connectivity index (χ1n) is 9.15. The van der Waals surface area contributed by atoms with Crippen LogP contribution in [0, 0.1) is 0 Å². The summed E-state index contributed by atoms with van der Waals surface area (Å²) in [5.74, 6) is 0.815. The number of pyridine rings is 1. The molecule has 2 aromatic carbocycles. The van der Waals surface area contributed by atoms with Gasteiger partial charge in [0.25, 0.3) is 0 Å². The van der Waals surface area contributed by atoms with Crippen LogP contribution < -0.4 is 10.5 Å². The topological polar surface area (TPSA) is 68.4 Å². The highest BCUT2D eigenvalue weighted by Gasteiger charge is 2.14. The molecule has 3 aromatic rings. The van der Waals surface area contributed by atoms with Crippen LogP contribution in [0.5, 0.6) is 5.75 Å². The second kappa shape index (κ2) is 8.79. The molecular weight excluding hydrogens is 324 g/mol. The molecule has 0 aliphatic carbocycles. The van der Waals surface area contributed by atoms with Crippen molar-refractivity contribution >= 4 is 10.9 Å². The molecule has 0 saturated carbocycles. The number of nitrogens with zero attached hydrogens (tertiary/aromatic N) is 1. The largest absolute Gasteiger partial charge is 0.497 e. The molecule has 3 rings (SSSR count). The molecule has 4 nitrogen and oxygen atoms in total. The number of methoxy groups -OCH3 is 1. The van der Waals surface area contributed by atoms with Crippen molar-refractivity contribution in [1.82, 2.24) is 4.98 Å². The maximum absolute atomic E-state index is 10.8. The van der Waals surface area contributed by atoms with Crippen molar-refractivity contribution in [3.8, 4) is 17.0 Å². The molecule has 0 fully saturated rings. The van der Waals surface area contributed by atoms with Crippen molar-refractivity contribution < 1.29 is 9.84 Å². The highest BCUT2D eigenvalue weighted by Crippen LogP contribution is 2.31. The maximum atomic E-state index is 10.8. The number of rotatable bonds is 8. The smallest absolute Gasteiger partial charge is 0.118 e. The Kier molecular flexibility index (Phi) is 6.21. The fourth-order valence-corrected chi connectivity index (χ4v) is 3.20. The predicted octanol–water partition coefficient (Wildman–Crippen LogP) is 4.46. The quantitative estimate of drug-likeness (QED) is 0.588. The average Bonchev–Trinajstić information content (AvgIpc) is 2.70. The number of hydrogen-bond donors (Lipinski definition) is 2. The van der Waals surface area contributed by atoms with E-state index in [0.717, 1.165) is 59.2 Å². The Labute approximate surface area is 154 Å². The van der Waals surface area contributed by atoms with Crippen LogP contribution in [0.1, 0.15) is 37.4 Å². The lowest BCUT2D eigenvalue weighted by molar-refractivity contribution is 0.165. The fourth-order valence-electron chi connectivity index (χ4n) is 3.20. The van der Waals surface area contributed by atoms with Gasteiger partial charge >= 0.3 is 0 Å². The number of aliphatic hydroxyl groups excluding tert-OH is 1. The van der Waals surface area contributed by atoms with Gasteiger partial charge in [0.15, 0.2) is 0 Å². The molecule has 0 amide bonds. The molecule has 0 bridgehead atoms. The second-order valence-electron chi connectivity index (χ2n) is 6.50. The van der Waals surface area contributed by atoms with E-state index >= 15 is 0 Å². The number of hydrogen-bond acceptors (Lipinski definition) is 4. The van der Waals surface area contributed by atoms with Crippen molar-refractivity contribution in [2.24, 2.45) is 5.73 Å². The van der Waals surface area contributed by atoms with Gasteiger partial charge < -0.3 is 15.6 Å². The van der Waals surface area contributed by atoms with Crippen LogP contribution in [-0.2, 0) is 0 Å². The summed E-state index contributed by atoms with van der Waals surface area (Å²) in [6.07, 6.45) is 3.24. The zero-order chi connectivity index (χ0) is 18.4. The summed E-state index contributed by atoms with van der Waals surface area (Å²) in [7, 11) is 1.66. The van der Waals surface area contributed by atoms with Gasteiger partial charge in [-0.05, 0) is 61.3 Å². The minimum Gasteiger partial charge on any atom is -0.497 e. The molecule has 0 aliphatic rings. The first-order chi connectivity index (χ1) is 12.7. The first-order valence-corrected chi connectivity index (χ1v) is 9.15. The molecule has 1 heterocycles. The molecule has 0 aliphatic heterocycles. The van der Waals surface area contributed by atoms with E-state index < -0.39 is 6.10 Å². The van der Waals surface area contributed by atoms with Crippen molar-refractivity contribution in [3.63, 3.8) is 0 Å². The van der Waals surface area contributed by atoms with Gasteiger partial charge in [0, 0.05) is 10.9 Å². The zero-order valence-electron chi connectivity index (χ0n) is 15.2. The first kappa shape index (κ1) is 18.4.